The average molecular weight is 548 g/mol. The molecule has 210 valence electrons. The number of aromatic amines is 1. The molecule has 5 aromatic rings. The molecule has 0 saturated heterocycles. The number of para-hydroxylation sites is 1. The minimum absolute atomic E-state index is 0.0599. The van der Waals surface area contributed by atoms with Crippen LogP contribution in [0, 0.1) is 0 Å². The molecular formula is C34H37N5O2. The third kappa shape index (κ3) is 6.30. The Morgan fingerprint density at radius 3 is 2.49 bits per heavy atom. The first-order valence-corrected chi connectivity index (χ1v) is 14.4. The Morgan fingerprint density at radius 2 is 1.68 bits per heavy atom. The lowest BCUT2D eigenvalue weighted by atomic mass is 9.91. The number of benzene rings is 3. The molecule has 1 aliphatic carbocycles. The van der Waals surface area contributed by atoms with Gasteiger partial charge in [-0.25, -0.2) is 4.98 Å². The van der Waals surface area contributed by atoms with Crippen molar-refractivity contribution in [2.24, 2.45) is 0 Å². The number of anilines is 2. The second-order valence-corrected chi connectivity index (χ2v) is 11.2. The maximum absolute atomic E-state index is 13.0. The van der Waals surface area contributed by atoms with Crippen LogP contribution in [-0.2, 0) is 17.8 Å². The summed E-state index contributed by atoms with van der Waals surface area (Å²) in [5, 5.41) is 9.12. The number of hydrogen-bond donors (Lipinski definition) is 3. The topological polar surface area (TPSA) is 82.3 Å². The van der Waals surface area contributed by atoms with Crippen molar-refractivity contribution in [3.63, 3.8) is 0 Å². The fourth-order valence-electron chi connectivity index (χ4n) is 5.78. The standard InChI is InChI=1S/C34H37N5O2/c1-39(2)32-20-33(38-31-11-7-6-10-28(31)32)36-25-12-14-26(15-13-25)37-34(40)18-24-21-35-30-17-16-27(19-29(24)30)41-22-23-8-4-3-5-9-23/h3-11,16-17,19-21,25-26,35H,12-15,18,22H2,1-2H3,(H,36,38)(H,37,40)/t25-,26+. The molecule has 1 amide bonds. The van der Waals surface area contributed by atoms with Gasteiger partial charge in [0.15, 0.2) is 0 Å². The molecule has 0 aliphatic heterocycles. The Hall–Kier alpha value is -4.52. The zero-order valence-electron chi connectivity index (χ0n) is 23.7. The maximum Gasteiger partial charge on any atom is 0.224 e. The number of carbonyl (C=O) groups excluding carboxylic acids is 1. The van der Waals surface area contributed by atoms with Gasteiger partial charge in [-0.2, -0.15) is 0 Å². The number of aromatic nitrogens is 2. The predicted octanol–water partition coefficient (Wildman–Crippen LogP) is 6.44. The predicted molar refractivity (Wildman–Crippen MR) is 167 cm³/mol. The van der Waals surface area contributed by atoms with Crippen LogP contribution in [0.3, 0.4) is 0 Å². The number of H-pyrrole nitrogens is 1. The summed E-state index contributed by atoms with van der Waals surface area (Å²) in [5.41, 5.74) is 5.27. The monoisotopic (exact) mass is 547 g/mol. The van der Waals surface area contributed by atoms with Crippen LogP contribution >= 0.6 is 0 Å². The van der Waals surface area contributed by atoms with Crippen molar-refractivity contribution in [3.05, 3.63) is 96.2 Å². The molecule has 0 bridgehead atoms. The maximum atomic E-state index is 13.0. The molecule has 0 radical (unpaired) electrons. The van der Waals surface area contributed by atoms with Gasteiger partial charge in [0.05, 0.1) is 11.9 Å². The van der Waals surface area contributed by atoms with E-state index in [2.05, 4.69) is 71.0 Å². The first-order chi connectivity index (χ1) is 20.0. The van der Waals surface area contributed by atoms with Gasteiger partial charge in [0.1, 0.15) is 18.2 Å². The molecule has 41 heavy (non-hydrogen) atoms. The largest absolute Gasteiger partial charge is 0.489 e. The van der Waals surface area contributed by atoms with Gasteiger partial charge >= 0.3 is 0 Å². The van der Waals surface area contributed by atoms with Crippen LogP contribution in [0.2, 0.25) is 0 Å². The van der Waals surface area contributed by atoms with E-state index in [4.69, 9.17) is 9.72 Å². The molecule has 0 unspecified atom stereocenters. The Bertz CT molecular complexity index is 1640. The van der Waals surface area contributed by atoms with Gasteiger partial charge in [0.2, 0.25) is 5.91 Å². The normalized spacial score (nSPS) is 16.9. The van der Waals surface area contributed by atoms with E-state index in [0.717, 1.165) is 75.9 Å². The molecule has 1 aliphatic rings. The summed E-state index contributed by atoms with van der Waals surface area (Å²) in [6.45, 7) is 0.512. The first-order valence-electron chi connectivity index (χ1n) is 14.4. The highest BCUT2D eigenvalue weighted by molar-refractivity contribution is 5.93. The smallest absolute Gasteiger partial charge is 0.224 e. The summed E-state index contributed by atoms with van der Waals surface area (Å²) < 4.78 is 6.02. The minimum Gasteiger partial charge on any atom is -0.489 e. The Balaban J connectivity index is 1.03. The molecule has 7 nitrogen and oxygen atoms in total. The van der Waals surface area contributed by atoms with Crippen LogP contribution < -0.4 is 20.3 Å². The van der Waals surface area contributed by atoms with Gasteiger partial charge in [-0.1, -0.05) is 48.5 Å². The SMILES string of the molecule is CN(C)c1cc(N[C@H]2CC[C@@H](NC(=O)Cc3c[nH]c4ccc(OCc5ccccc5)cc34)CC2)nc2ccccc12. The summed E-state index contributed by atoms with van der Waals surface area (Å²) in [7, 11) is 4.13. The number of rotatable bonds is 9. The Kier molecular flexibility index (Phi) is 7.76. The number of nitrogens with one attached hydrogen (secondary N) is 3. The van der Waals surface area contributed by atoms with Crippen molar-refractivity contribution >= 4 is 39.2 Å². The molecule has 2 heterocycles. The number of hydrogen-bond acceptors (Lipinski definition) is 5. The van der Waals surface area contributed by atoms with Crippen LogP contribution in [0.25, 0.3) is 21.8 Å². The molecule has 0 spiro atoms. The van der Waals surface area contributed by atoms with E-state index in [1.54, 1.807) is 0 Å². The second kappa shape index (κ2) is 11.9. The molecule has 1 saturated carbocycles. The van der Waals surface area contributed by atoms with Gasteiger partial charge in [-0.05, 0) is 61.1 Å². The number of carbonyl (C=O) groups is 1. The number of nitrogens with zero attached hydrogens (tertiary/aromatic N) is 2. The lowest BCUT2D eigenvalue weighted by Crippen LogP contribution is -2.40. The van der Waals surface area contributed by atoms with Crippen molar-refractivity contribution in [1.29, 1.82) is 0 Å². The fourth-order valence-corrected chi connectivity index (χ4v) is 5.78. The summed E-state index contributed by atoms with van der Waals surface area (Å²) >= 11 is 0. The third-order valence-electron chi connectivity index (χ3n) is 7.96. The fraction of sp³-hybridized carbons (Fsp3) is 0.294. The lowest BCUT2D eigenvalue weighted by molar-refractivity contribution is -0.121. The molecular weight excluding hydrogens is 510 g/mol. The Labute approximate surface area is 240 Å². The van der Waals surface area contributed by atoms with E-state index in [9.17, 15) is 4.79 Å². The van der Waals surface area contributed by atoms with Gasteiger partial charge < -0.3 is 25.3 Å². The quantitative estimate of drug-likeness (QED) is 0.198. The molecule has 0 atom stereocenters. The first kappa shape index (κ1) is 26.7. The van der Waals surface area contributed by atoms with Crippen LogP contribution in [0.4, 0.5) is 11.5 Å². The molecule has 3 N–H and O–H groups in total. The van der Waals surface area contributed by atoms with E-state index in [-0.39, 0.29) is 11.9 Å². The second-order valence-electron chi connectivity index (χ2n) is 11.2. The van der Waals surface area contributed by atoms with Crippen molar-refractivity contribution in [1.82, 2.24) is 15.3 Å². The third-order valence-corrected chi connectivity index (χ3v) is 7.96. The van der Waals surface area contributed by atoms with E-state index < -0.39 is 0 Å². The number of pyridine rings is 1. The zero-order valence-corrected chi connectivity index (χ0v) is 23.7. The van der Waals surface area contributed by atoms with Crippen LogP contribution in [0.1, 0.15) is 36.8 Å². The van der Waals surface area contributed by atoms with E-state index in [1.165, 1.54) is 0 Å². The summed E-state index contributed by atoms with van der Waals surface area (Å²) in [6, 6.07) is 27.1. The highest BCUT2D eigenvalue weighted by Gasteiger charge is 2.23. The average Bonchev–Trinajstić information content (AvgIpc) is 3.38. The highest BCUT2D eigenvalue weighted by Crippen LogP contribution is 2.30. The van der Waals surface area contributed by atoms with Crippen molar-refractivity contribution in [2.45, 2.75) is 50.8 Å². The van der Waals surface area contributed by atoms with Crippen LogP contribution in [0.5, 0.6) is 5.75 Å². The summed E-state index contributed by atoms with van der Waals surface area (Å²) in [6.07, 6.45) is 6.16. The summed E-state index contributed by atoms with van der Waals surface area (Å²) in [4.78, 5) is 23.3. The number of ether oxygens (including phenoxy) is 1. The number of amides is 1. The van der Waals surface area contributed by atoms with Gasteiger partial charge in [-0.15, -0.1) is 0 Å². The van der Waals surface area contributed by atoms with Crippen molar-refractivity contribution < 1.29 is 9.53 Å². The molecule has 6 rings (SSSR count). The molecule has 2 aromatic heterocycles. The van der Waals surface area contributed by atoms with E-state index in [0.29, 0.717) is 19.1 Å². The zero-order chi connectivity index (χ0) is 28.2. The lowest BCUT2D eigenvalue weighted by Gasteiger charge is -2.30. The van der Waals surface area contributed by atoms with E-state index >= 15 is 0 Å². The number of fused-ring (bicyclic) bond motifs is 2. The van der Waals surface area contributed by atoms with Crippen LogP contribution in [0.15, 0.2) is 85.1 Å². The molecule has 7 heteroatoms. The minimum atomic E-state index is 0.0599. The van der Waals surface area contributed by atoms with Crippen LogP contribution in [-0.4, -0.2) is 42.1 Å². The summed E-state index contributed by atoms with van der Waals surface area (Å²) in [5.74, 6) is 1.77. The molecule has 3 aromatic carbocycles. The van der Waals surface area contributed by atoms with Gasteiger partial charge in [0.25, 0.3) is 0 Å². The van der Waals surface area contributed by atoms with Gasteiger partial charge in [-0.3, -0.25) is 4.79 Å². The molecule has 1 fully saturated rings. The van der Waals surface area contributed by atoms with Crippen molar-refractivity contribution in [3.8, 4) is 5.75 Å². The van der Waals surface area contributed by atoms with E-state index in [1.807, 2.05) is 48.7 Å². The van der Waals surface area contributed by atoms with Crippen molar-refractivity contribution in [2.75, 3.05) is 24.3 Å². The Morgan fingerprint density at radius 1 is 0.927 bits per heavy atom. The van der Waals surface area contributed by atoms with Gasteiger partial charge in [0, 0.05) is 60.4 Å². The highest BCUT2D eigenvalue weighted by atomic mass is 16.5.